The summed E-state index contributed by atoms with van der Waals surface area (Å²) in [5.41, 5.74) is 9.60. The fourth-order valence-electron chi connectivity index (χ4n) is 2.16. The van der Waals surface area contributed by atoms with E-state index in [1.807, 2.05) is 6.92 Å². The van der Waals surface area contributed by atoms with Crippen LogP contribution < -0.4 is 5.73 Å². The highest BCUT2D eigenvalue weighted by molar-refractivity contribution is 9.10. The van der Waals surface area contributed by atoms with Crippen molar-refractivity contribution in [2.45, 2.75) is 49.6 Å². The fraction of sp³-hybridized carbons (Fsp3) is 0.353. The lowest BCUT2D eigenvalue weighted by Gasteiger charge is -2.11. The zero-order valence-corrected chi connectivity index (χ0v) is 15.1. The Kier molecular flexibility index (Phi) is 5.85. The van der Waals surface area contributed by atoms with E-state index in [9.17, 15) is 0 Å². The molecule has 2 N–H and O–H groups in total. The number of nitrogens with zero attached hydrogens (tertiary/aromatic N) is 1. The van der Waals surface area contributed by atoms with Crippen LogP contribution in [0.25, 0.3) is 0 Å². The summed E-state index contributed by atoms with van der Waals surface area (Å²) >= 11 is 5.35. The molecule has 4 heteroatoms. The molecule has 1 heterocycles. The lowest BCUT2D eigenvalue weighted by Crippen LogP contribution is -2.21. The highest BCUT2D eigenvalue weighted by Crippen LogP contribution is 2.31. The van der Waals surface area contributed by atoms with Crippen molar-refractivity contribution in [3.8, 4) is 0 Å². The second-order valence-corrected chi connectivity index (χ2v) is 7.30. The molecule has 0 amide bonds. The van der Waals surface area contributed by atoms with Crippen LogP contribution in [0.1, 0.15) is 30.2 Å². The number of hydrogen-bond donors (Lipinski definition) is 1. The molecule has 1 aromatic carbocycles. The predicted octanol–water partition coefficient (Wildman–Crippen LogP) is 4.89. The Labute approximate surface area is 139 Å². The molecule has 1 atom stereocenters. The summed E-state index contributed by atoms with van der Waals surface area (Å²) in [4.78, 5) is 5.76. The van der Waals surface area contributed by atoms with E-state index in [-0.39, 0.29) is 6.04 Å². The molecule has 0 aliphatic heterocycles. The summed E-state index contributed by atoms with van der Waals surface area (Å²) in [5, 5.41) is 1.04. The minimum absolute atomic E-state index is 0.223. The summed E-state index contributed by atoms with van der Waals surface area (Å²) in [5.74, 6) is 0. The fourth-order valence-corrected chi connectivity index (χ4v) is 3.84. The van der Waals surface area contributed by atoms with Crippen molar-refractivity contribution in [1.29, 1.82) is 0 Å². The molecule has 0 radical (unpaired) electrons. The number of rotatable bonds is 5. The minimum atomic E-state index is 0.223. The van der Waals surface area contributed by atoms with E-state index in [1.165, 1.54) is 16.0 Å². The highest BCUT2D eigenvalue weighted by atomic mass is 79.9. The summed E-state index contributed by atoms with van der Waals surface area (Å²) in [6, 6.07) is 10.9. The van der Waals surface area contributed by atoms with Gasteiger partial charge in [-0.1, -0.05) is 40.7 Å². The van der Waals surface area contributed by atoms with Gasteiger partial charge in [0, 0.05) is 21.1 Å². The van der Waals surface area contributed by atoms with Crippen molar-refractivity contribution in [3.63, 3.8) is 0 Å². The standard InChI is InChI=1S/C17H21BrN2S/c1-4-14(19)9-13-5-6-15(10-16(13)18)21-17-8-11(2)7-12(3)20-17/h5-8,10,14H,4,9,19H2,1-3H3. The Morgan fingerprint density at radius 1 is 1.24 bits per heavy atom. The average molecular weight is 365 g/mol. The lowest BCUT2D eigenvalue weighted by atomic mass is 10.1. The van der Waals surface area contributed by atoms with E-state index >= 15 is 0 Å². The zero-order chi connectivity index (χ0) is 15.4. The third-order valence-corrected chi connectivity index (χ3v) is 4.97. The number of halogens is 1. The summed E-state index contributed by atoms with van der Waals surface area (Å²) in [6.07, 6.45) is 1.90. The van der Waals surface area contributed by atoms with Crippen LogP contribution >= 0.6 is 27.7 Å². The van der Waals surface area contributed by atoms with Crippen molar-refractivity contribution < 1.29 is 0 Å². The van der Waals surface area contributed by atoms with Crippen LogP contribution in [0.15, 0.2) is 44.7 Å². The van der Waals surface area contributed by atoms with Gasteiger partial charge in [-0.05, 0) is 62.1 Å². The Bertz CT molecular complexity index is 608. The molecule has 0 aliphatic carbocycles. The van der Waals surface area contributed by atoms with Gasteiger partial charge >= 0.3 is 0 Å². The van der Waals surface area contributed by atoms with Gasteiger partial charge < -0.3 is 5.73 Å². The predicted molar refractivity (Wildman–Crippen MR) is 93.9 cm³/mol. The van der Waals surface area contributed by atoms with E-state index < -0.39 is 0 Å². The van der Waals surface area contributed by atoms with Gasteiger partial charge in [-0.15, -0.1) is 0 Å². The van der Waals surface area contributed by atoms with Gasteiger partial charge in [0.25, 0.3) is 0 Å². The first-order chi connectivity index (χ1) is 9.97. The highest BCUT2D eigenvalue weighted by Gasteiger charge is 2.08. The van der Waals surface area contributed by atoms with Gasteiger partial charge in [-0.3, -0.25) is 0 Å². The first kappa shape index (κ1) is 16.5. The minimum Gasteiger partial charge on any atom is -0.327 e. The molecule has 1 unspecified atom stereocenters. The van der Waals surface area contributed by atoms with Crippen molar-refractivity contribution >= 4 is 27.7 Å². The number of aromatic nitrogens is 1. The number of pyridine rings is 1. The van der Waals surface area contributed by atoms with E-state index in [0.717, 1.165) is 28.0 Å². The van der Waals surface area contributed by atoms with Gasteiger partial charge in [0.15, 0.2) is 0 Å². The van der Waals surface area contributed by atoms with Gasteiger partial charge in [0.2, 0.25) is 0 Å². The number of benzene rings is 1. The van der Waals surface area contributed by atoms with Crippen molar-refractivity contribution in [2.24, 2.45) is 5.73 Å². The van der Waals surface area contributed by atoms with E-state index in [4.69, 9.17) is 5.73 Å². The molecule has 0 fully saturated rings. The van der Waals surface area contributed by atoms with E-state index in [2.05, 4.69) is 65.1 Å². The monoisotopic (exact) mass is 364 g/mol. The number of aryl methyl sites for hydroxylation is 2. The zero-order valence-electron chi connectivity index (χ0n) is 12.7. The maximum atomic E-state index is 6.03. The molecule has 0 aliphatic rings. The quantitative estimate of drug-likeness (QED) is 0.820. The van der Waals surface area contributed by atoms with Crippen molar-refractivity contribution in [2.75, 3.05) is 0 Å². The molecule has 21 heavy (non-hydrogen) atoms. The first-order valence-corrected chi connectivity index (χ1v) is 8.76. The Hall–Kier alpha value is -0.840. The third-order valence-electron chi connectivity index (χ3n) is 3.33. The van der Waals surface area contributed by atoms with E-state index in [1.54, 1.807) is 11.8 Å². The lowest BCUT2D eigenvalue weighted by molar-refractivity contribution is 0.645. The van der Waals surface area contributed by atoms with Crippen LogP contribution in [0.2, 0.25) is 0 Å². The van der Waals surface area contributed by atoms with Crippen LogP contribution in [-0.2, 0) is 6.42 Å². The summed E-state index contributed by atoms with van der Waals surface area (Å²) in [7, 11) is 0. The van der Waals surface area contributed by atoms with Gasteiger partial charge in [0.1, 0.15) is 5.03 Å². The molecule has 2 aromatic rings. The van der Waals surface area contributed by atoms with Crippen LogP contribution in [0.5, 0.6) is 0 Å². The molecule has 0 saturated carbocycles. The van der Waals surface area contributed by atoms with Crippen LogP contribution in [0.4, 0.5) is 0 Å². The maximum absolute atomic E-state index is 6.03. The molecular weight excluding hydrogens is 344 g/mol. The molecule has 0 spiro atoms. The van der Waals surface area contributed by atoms with Crippen LogP contribution in [0.3, 0.4) is 0 Å². The van der Waals surface area contributed by atoms with E-state index in [0.29, 0.717) is 0 Å². The first-order valence-electron chi connectivity index (χ1n) is 7.15. The van der Waals surface area contributed by atoms with Gasteiger partial charge in [0.05, 0.1) is 0 Å². The summed E-state index contributed by atoms with van der Waals surface area (Å²) < 4.78 is 1.13. The summed E-state index contributed by atoms with van der Waals surface area (Å²) in [6.45, 7) is 6.25. The molecule has 2 rings (SSSR count). The maximum Gasteiger partial charge on any atom is 0.101 e. The van der Waals surface area contributed by atoms with Crippen molar-refractivity contribution in [1.82, 2.24) is 4.98 Å². The number of nitrogens with two attached hydrogens (primary N) is 1. The Balaban J connectivity index is 2.16. The van der Waals surface area contributed by atoms with Crippen LogP contribution in [-0.4, -0.2) is 11.0 Å². The average Bonchev–Trinajstić information content (AvgIpc) is 2.40. The second-order valence-electron chi connectivity index (χ2n) is 5.35. The normalized spacial score (nSPS) is 12.4. The largest absolute Gasteiger partial charge is 0.327 e. The van der Waals surface area contributed by atoms with Crippen LogP contribution in [0, 0.1) is 13.8 Å². The number of hydrogen-bond acceptors (Lipinski definition) is 3. The Morgan fingerprint density at radius 3 is 2.62 bits per heavy atom. The van der Waals surface area contributed by atoms with Gasteiger partial charge in [-0.2, -0.15) is 0 Å². The SMILES string of the molecule is CCC(N)Cc1ccc(Sc2cc(C)cc(C)n2)cc1Br. The topological polar surface area (TPSA) is 38.9 Å². The molecule has 112 valence electrons. The molecule has 0 saturated heterocycles. The third kappa shape index (κ3) is 4.83. The van der Waals surface area contributed by atoms with Crippen molar-refractivity contribution in [3.05, 3.63) is 51.6 Å². The molecular formula is C17H21BrN2S. The molecule has 2 nitrogen and oxygen atoms in total. The Morgan fingerprint density at radius 2 is 2.00 bits per heavy atom. The second kappa shape index (κ2) is 7.43. The molecule has 0 bridgehead atoms. The smallest absolute Gasteiger partial charge is 0.101 e. The van der Waals surface area contributed by atoms with Gasteiger partial charge in [-0.25, -0.2) is 4.98 Å². The molecule has 1 aromatic heterocycles.